The second-order valence-corrected chi connectivity index (χ2v) is 12.2. The van der Waals surface area contributed by atoms with Crippen molar-refractivity contribution in [2.24, 2.45) is 0 Å². The third-order valence-corrected chi connectivity index (χ3v) is 10.8. The number of para-hydroxylation sites is 1. The lowest BCUT2D eigenvalue weighted by Gasteiger charge is -2.33. The summed E-state index contributed by atoms with van der Waals surface area (Å²) in [6.07, 6.45) is 6.54. The lowest BCUT2D eigenvalue weighted by molar-refractivity contribution is 0.491. The van der Waals surface area contributed by atoms with E-state index < -0.39 is 5.47 Å². The molecule has 1 nitrogen and oxygen atoms in total. The molecule has 1 aromatic carbocycles. The molecule has 2 rings (SSSR count). The first-order valence-corrected chi connectivity index (χ1v) is 11.1. The van der Waals surface area contributed by atoms with E-state index in [9.17, 15) is 0 Å². The molecule has 0 N–H and O–H groups in total. The molecule has 0 aliphatic heterocycles. The van der Waals surface area contributed by atoms with Gasteiger partial charge in [0, 0.05) is 5.66 Å². The molecule has 4 heteroatoms. The summed E-state index contributed by atoms with van der Waals surface area (Å²) in [6, 6.07) is 10.1. The fourth-order valence-corrected chi connectivity index (χ4v) is 9.20. The highest BCUT2D eigenvalue weighted by Gasteiger charge is 2.32. The summed E-state index contributed by atoms with van der Waals surface area (Å²) in [5.41, 5.74) is -1.15. The smallest absolute Gasteiger partial charge is 0.170 e. The van der Waals surface area contributed by atoms with E-state index in [1.54, 1.807) is 0 Å². The van der Waals surface area contributed by atoms with Gasteiger partial charge in [-0.2, -0.15) is 0 Å². The first-order chi connectivity index (χ1) is 8.74. The maximum absolute atomic E-state index is 6.27. The number of benzene rings is 1. The molecule has 0 saturated heterocycles. The van der Waals surface area contributed by atoms with Crippen molar-refractivity contribution < 1.29 is 4.52 Å². The molecule has 0 heterocycles. The molecular formula is C14H21OPS2. The van der Waals surface area contributed by atoms with Gasteiger partial charge in [-0.3, -0.25) is 0 Å². The lowest BCUT2D eigenvalue weighted by Crippen LogP contribution is -2.14. The van der Waals surface area contributed by atoms with Crippen molar-refractivity contribution >= 4 is 28.7 Å². The number of hydrogen-bond donors (Lipinski definition) is 0. The largest absolute Gasteiger partial charge is 0.457 e. The van der Waals surface area contributed by atoms with E-state index >= 15 is 0 Å². The third-order valence-electron chi connectivity index (χ3n) is 3.31. The van der Waals surface area contributed by atoms with Gasteiger partial charge in [-0.15, -0.1) is 0 Å². The Kier molecular flexibility index (Phi) is 5.59. The van der Waals surface area contributed by atoms with E-state index in [0.717, 1.165) is 11.5 Å². The van der Waals surface area contributed by atoms with E-state index in [1.165, 1.54) is 32.1 Å². The quantitative estimate of drug-likeness (QED) is 0.668. The van der Waals surface area contributed by atoms with Crippen LogP contribution in [-0.4, -0.2) is 11.4 Å². The first-order valence-electron chi connectivity index (χ1n) is 6.73. The number of hydrogen-bond acceptors (Lipinski definition) is 3. The van der Waals surface area contributed by atoms with Crippen LogP contribution in [0.3, 0.4) is 0 Å². The van der Waals surface area contributed by atoms with Crippen molar-refractivity contribution in [3.8, 4) is 5.75 Å². The zero-order valence-corrected chi connectivity index (χ0v) is 13.4. The van der Waals surface area contributed by atoms with Gasteiger partial charge in [-0.1, -0.05) is 55.8 Å². The van der Waals surface area contributed by atoms with Crippen LogP contribution in [0.1, 0.15) is 39.0 Å². The van der Waals surface area contributed by atoms with E-state index in [2.05, 4.69) is 6.92 Å². The summed E-state index contributed by atoms with van der Waals surface area (Å²) in [5, 5.41) is 0. The monoisotopic (exact) mass is 300 g/mol. The molecule has 1 aromatic rings. The van der Waals surface area contributed by atoms with E-state index in [4.69, 9.17) is 16.3 Å². The summed E-state index contributed by atoms with van der Waals surface area (Å²) in [5.74, 6) is 2.01. The molecule has 1 saturated carbocycles. The lowest BCUT2D eigenvalue weighted by atomic mass is 10.0. The van der Waals surface area contributed by atoms with Crippen molar-refractivity contribution in [3.05, 3.63) is 30.3 Å². The van der Waals surface area contributed by atoms with Crippen molar-refractivity contribution in [3.63, 3.8) is 0 Å². The molecule has 1 atom stereocenters. The van der Waals surface area contributed by atoms with Crippen LogP contribution in [0.2, 0.25) is 0 Å². The van der Waals surface area contributed by atoms with Gasteiger partial charge >= 0.3 is 0 Å². The SMILES string of the molecule is CCSP(=S)(Oc1ccccc1)C1CCCCC1. The molecule has 18 heavy (non-hydrogen) atoms. The molecule has 1 aliphatic rings. The van der Waals surface area contributed by atoms with Gasteiger partial charge in [-0.25, -0.2) is 0 Å². The second kappa shape index (κ2) is 6.98. The van der Waals surface area contributed by atoms with Crippen LogP contribution in [0.4, 0.5) is 0 Å². The molecule has 0 aromatic heterocycles. The van der Waals surface area contributed by atoms with Crippen LogP contribution in [-0.2, 0) is 11.8 Å². The molecule has 0 bridgehead atoms. The van der Waals surface area contributed by atoms with Crippen LogP contribution in [0.25, 0.3) is 0 Å². The highest BCUT2D eigenvalue weighted by atomic mass is 32.9. The van der Waals surface area contributed by atoms with Crippen LogP contribution >= 0.6 is 16.8 Å². The summed E-state index contributed by atoms with van der Waals surface area (Å²) >= 11 is 7.84. The topological polar surface area (TPSA) is 9.23 Å². The number of rotatable bonds is 5. The Bertz CT molecular complexity index is 402. The highest BCUT2D eigenvalue weighted by molar-refractivity contribution is 8.69. The van der Waals surface area contributed by atoms with Crippen LogP contribution in [0.15, 0.2) is 30.3 Å². The Morgan fingerprint density at radius 1 is 1.22 bits per heavy atom. The zero-order valence-electron chi connectivity index (χ0n) is 10.9. The average Bonchev–Trinajstić information content (AvgIpc) is 2.41. The first kappa shape index (κ1) is 14.4. The molecule has 1 fully saturated rings. The highest BCUT2D eigenvalue weighted by Crippen LogP contribution is 2.65. The maximum Gasteiger partial charge on any atom is 0.170 e. The molecule has 0 spiro atoms. The molecule has 1 unspecified atom stereocenters. The van der Waals surface area contributed by atoms with Gasteiger partial charge in [0.1, 0.15) is 5.75 Å². The third kappa shape index (κ3) is 3.76. The summed E-state index contributed by atoms with van der Waals surface area (Å²) in [4.78, 5) is 0. The van der Waals surface area contributed by atoms with Gasteiger partial charge in [0.05, 0.1) is 0 Å². The average molecular weight is 300 g/mol. The van der Waals surface area contributed by atoms with E-state index in [-0.39, 0.29) is 0 Å². The van der Waals surface area contributed by atoms with Gasteiger partial charge in [0.15, 0.2) is 5.47 Å². The van der Waals surface area contributed by atoms with Crippen LogP contribution in [0, 0.1) is 0 Å². The molecule has 100 valence electrons. The molecule has 0 radical (unpaired) electrons. The van der Waals surface area contributed by atoms with Crippen molar-refractivity contribution in [1.29, 1.82) is 0 Å². The summed E-state index contributed by atoms with van der Waals surface area (Å²) in [7, 11) is 0. The maximum atomic E-state index is 6.27. The Morgan fingerprint density at radius 2 is 1.89 bits per heavy atom. The molecule has 1 aliphatic carbocycles. The minimum absolute atomic E-state index is 0.617. The Balaban J connectivity index is 2.12. The Labute approximate surface area is 120 Å². The molecule has 0 amide bonds. The summed E-state index contributed by atoms with van der Waals surface area (Å²) in [6.45, 7) is 2.18. The van der Waals surface area contributed by atoms with E-state index in [0.29, 0.717) is 5.66 Å². The minimum Gasteiger partial charge on any atom is -0.457 e. The van der Waals surface area contributed by atoms with E-state index in [1.807, 2.05) is 41.7 Å². The normalized spacial score (nSPS) is 20.3. The van der Waals surface area contributed by atoms with Gasteiger partial charge < -0.3 is 4.52 Å². The molecular weight excluding hydrogens is 279 g/mol. The van der Waals surface area contributed by atoms with Crippen molar-refractivity contribution in [2.45, 2.75) is 44.7 Å². The predicted molar refractivity (Wildman–Crippen MR) is 86.4 cm³/mol. The standard InChI is InChI=1S/C14H21OPS2/c1-2-18-16(17,14-11-7-4-8-12-14)15-13-9-5-3-6-10-13/h3,5-6,9-10,14H,2,4,7-8,11-12H2,1H3. The second-order valence-electron chi connectivity index (χ2n) is 4.65. The van der Waals surface area contributed by atoms with Gasteiger partial charge in [0.25, 0.3) is 0 Å². The predicted octanol–water partition coefficient (Wildman–Crippen LogP) is 5.46. The van der Waals surface area contributed by atoms with Gasteiger partial charge in [0.2, 0.25) is 0 Å². The Morgan fingerprint density at radius 3 is 2.50 bits per heavy atom. The van der Waals surface area contributed by atoms with Crippen molar-refractivity contribution in [2.75, 3.05) is 5.75 Å². The zero-order chi connectivity index (χ0) is 12.8. The van der Waals surface area contributed by atoms with Crippen molar-refractivity contribution in [1.82, 2.24) is 0 Å². The Hall–Kier alpha value is 0.0200. The van der Waals surface area contributed by atoms with Crippen LogP contribution < -0.4 is 4.52 Å². The van der Waals surface area contributed by atoms with Gasteiger partial charge in [-0.05, 0) is 42.5 Å². The fourth-order valence-electron chi connectivity index (χ4n) is 2.41. The summed E-state index contributed by atoms with van der Waals surface area (Å²) < 4.78 is 6.27. The fraction of sp³-hybridized carbons (Fsp3) is 0.571. The van der Waals surface area contributed by atoms with Crippen LogP contribution in [0.5, 0.6) is 5.75 Å². The minimum atomic E-state index is -1.77.